The first-order valence-electron chi connectivity index (χ1n) is 3.99. The van der Waals surface area contributed by atoms with Crippen LogP contribution in [0.3, 0.4) is 0 Å². The lowest BCUT2D eigenvalue weighted by Gasteiger charge is -1.99. The molecule has 70 valence electrons. The number of carbonyl (C=O) groups is 1. The molecule has 0 spiro atoms. The topological polar surface area (TPSA) is 39.2 Å². The van der Waals surface area contributed by atoms with E-state index in [1.807, 2.05) is 5.38 Å². The number of aromatic nitrogens is 1. The number of hydrogen-bond donors (Lipinski definition) is 0. The molecule has 0 radical (unpaired) electrons. The van der Waals surface area contributed by atoms with Crippen LogP contribution < -0.4 is 0 Å². The average Bonchev–Trinajstić information content (AvgIpc) is 2.57. The summed E-state index contributed by atoms with van der Waals surface area (Å²) in [6, 6.07) is 0. The van der Waals surface area contributed by atoms with Crippen LogP contribution in [0, 0.1) is 0 Å². The third-order valence-electron chi connectivity index (χ3n) is 1.39. The van der Waals surface area contributed by atoms with Crippen LogP contribution in [0.4, 0.5) is 0 Å². The molecule has 0 N–H and O–H groups in total. The van der Waals surface area contributed by atoms with Gasteiger partial charge in [0, 0.05) is 17.2 Å². The molecule has 0 aliphatic rings. The zero-order valence-corrected chi connectivity index (χ0v) is 8.43. The summed E-state index contributed by atoms with van der Waals surface area (Å²) >= 11 is 1.49. The fourth-order valence-electron chi connectivity index (χ4n) is 0.795. The minimum Gasteiger partial charge on any atom is -0.463 e. The summed E-state index contributed by atoms with van der Waals surface area (Å²) in [6.45, 7) is 3.91. The molecule has 0 amide bonds. The maximum Gasteiger partial charge on any atom is 0.333 e. The van der Waals surface area contributed by atoms with Crippen molar-refractivity contribution in [2.24, 2.45) is 0 Å². The normalized spacial score (nSPS) is 11.4. The maximum atomic E-state index is 11.2. The molecule has 0 saturated carbocycles. The number of nitrogens with zero attached hydrogens (tertiary/aromatic N) is 1. The van der Waals surface area contributed by atoms with E-state index in [1.54, 1.807) is 26.1 Å². The van der Waals surface area contributed by atoms with Crippen LogP contribution in [0.15, 0.2) is 17.2 Å². The number of ether oxygens (including phenoxy) is 1. The second-order valence-electron chi connectivity index (χ2n) is 2.42. The van der Waals surface area contributed by atoms with E-state index >= 15 is 0 Å². The van der Waals surface area contributed by atoms with Gasteiger partial charge in [0.25, 0.3) is 0 Å². The van der Waals surface area contributed by atoms with Gasteiger partial charge in [0.15, 0.2) is 0 Å². The smallest absolute Gasteiger partial charge is 0.333 e. The molecule has 1 aromatic rings. The van der Waals surface area contributed by atoms with E-state index in [0.717, 1.165) is 5.01 Å². The molecule has 0 fully saturated rings. The lowest BCUT2D eigenvalue weighted by atomic mass is 10.3. The standard InChI is InChI=1S/C9H11NO2S/c1-3-12-9(11)7(2)6-8-10-4-5-13-8/h4-6H,3H2,1-2H3/b7-6+. The predicted molar refractivity (Wildman–Crippen MR) is 52.4 cm³/mol. The summed E-state index contributed by atoms with van der Waals surface area (Å²) in [5, 5.41) is 2.69. The van der Waals surface area contributed by atoms with Crippen molar-refractivity contribution in [2.75, 3.05) is 6.61 Å². The largest absolute Gasteiger partial charge is 0.463 e. The minimum atomic E-state index is -0.280. The average molecular weight is 197 g/mol. The molecule has 0 saturated heterocycles. The highest BCUT2D eigenvalue weighted by Gasteiger charge is 2.04. The highest BCUT2D eigenvalue weighted by molar-refractivity contribution is 7.10. The van der Waals surface area contributed by atoms with Gasteiger partial charge in [-0.1, -0.05) is 0 Å². The van der Waals surface area contributed by atoms with E-state index < -0.39 is 0 Å². The van der Waals surface area contributed by atoms with Crippen molar-refractivity contribution >= 4 is 23.4 Å². The van der Waals surface area contributed by atoms with E-state index in [4.69, 9.17) is 4.74 Å². The molecule has 1 rings (SSSR count). The fourth-order valence-corrected chi connectivity index (χ4v) is 1.42. The Balaban J connectivity index is 2.66. The van der Waals surface area contributed by atoms with Gasteiger partial charge in [-0.05, 0) is 19.9 Å². The highest BCUT2D eigenvalue weighted by atomic mass is 32.1. The van der Waals surface area contributed by atoms with Crippen molar-refractivity contribution in [3.8, 4) is 0 Å². The molecular weight excluding hydrogens is 186 g/mol. The van der Waals surface area contributed by atoms with Crippen LogP contribution >= 0.6 is 11.3 Å². The second-order valence-corrected chi connectivity index (χ2v) is 3.34. The van der Waals surface area contributed by atoms with Crippen LogP contribution in [0.2, 0.25) is 0 Å². The van der Waals surface area contributed by atoms with Gasteiger partial charge in [0.05, 0.1) is 6.61 Å². The Morgan fingerprint density at radius 3 is 3.08 bits per heavy atom. The summed E-state index contributed by atoms with van der Waals surface area (Å²) in [7, 11) is 0. The van der Waals surface area contributed by atoms with Gasteiger partial charge in [0.2, 0.25) is 0 Å². The second kappa shape index (κ2) is 4.77. The summed E-state index contributed by atoms with van der Waals surface area (Å²) < 4.78 is 4.82. The molecule has 0 aliphatic carbocycles. The van der Waals surface area contributed by atoms with Gasteiger partial charge in [-0.3, -0.25) is 0 Å². The minimum absolute atomic E-state index is 0.280. The van der Waals surface area contributed by atoms with Gasteiger partial charge in [0.1, 0.15) is 5.01 Å². The Morgan fingerprint density at radius 2 is 2.54 bits per heavy atom. The lowest BCUT2D eigenvalue weighted by Crippen LogP contribution is -2.04. The first-order chi connectivity index (χ1) is 6.24. The van der Waals surface area contributed by atoms with Crippen LogP contribution in [-0.2, 0) is 9.53 Å². The summed E-state index contributed by atoms with van der Waals surface area (Å²) in [4.78, 5) is 15.2. The maximum absolute atomic E-state index is 11.2. The van der Waals surface area contributed by atoms with Crippen molar-refractivity contribution in [2.45, 2.75) is 13.8 Å². The van der Waals surface area contributed by atoms with E-state index in [-0.39, 0.29) is 5.97 Å². The lowest BCUT2D eigenvalue weighted by molar-refractivity contribution is -0.138. The number of hydrogen-bond acceptors (Lipinski definition) is 4. The molecule has 1 heterocycles. The molecule has 1 aromatic heterocycles. The molecule has 0 aromatic carbocycles. The van der Waals surface area contributed by atoms with Crippen molar-refractivity contribution in [3.05, 3.63) is 22.2 Å². The number of esters is 1. The Labute approximate surface area is 81.1 Å². The Bertz CT molecular complexity index is 303. The molecule has 13 heavy (non-hydrogen) atoms. The molecule has 0 unspecified atom stereocenters. The summed E-state index contributed by atoms with van der Waals surface area (Å²) in [5.74, 6) is -0.280. The van der Waals surface area contributed by atoms with Crippen molar-refractivity contribution in [3.63, 3.8) is 0 Å². The van der Waals surface area contributed by atoms with Crippen LogP contribution in [0.1, 0.15) is 18.9 Å². The molecule has 0 atom stereocenters. The molecule has 4 heteroatoms. The third kappa shape index (κ3) is 2.99. The van der Waals surface area contributed by atoms with Gasteiger partial charge in [-0.15, -0.1) is 11.3 Å². The van der Waals surface area contributed by atoms with Gasteiger partial charge in [-0.2, -0.15) is 0 Å². The van der Waals surface area contributed by atoms with Crippen molar-refractivity contribution in [1.82, 2.24) is 4.98 Å². The third-order valence-corrected chi connectivity index (χ3v) is 2.11. The van der Waals surface area contributed by atoms with E-state index in [9.17, 15) is 4.79 Å². The van der Waals surface area contributed by atoms with E-state index in [2.05, 4.69) is 4.98 Å². The fraction of sp³-hybridized carbons (Fsp3) is 0.333. The Morgan fingerprint density at radius 1 is 1.77 bits per heavy atom. The first kappa shape index (κ1) is 9.92. The zero-order valence-electron chi connectivity index (χ0n) is 7.61. The Hall–Kier alpha value is -1.16. The molecular formula is C9H11NO2S. The highest BCUT2D eigenvalue weighted by Crippen LogP contribution is 2.10. The SMILES string of the molecule is CCOC(=O)/C(C)=C/c1nccs1. The van der Waals surface area contributed by atoms with E-state index in [1.165, 1.54) is 11.3 Å². The zero-order chi connectivity index (χ0) is 9.68. The van der Waals surface area contributed by atoms with E-state index in [0.29, 0.717) is 12.2 Å². The quantitative estimate of drug-likeness (QED) is 0.550. The molecule has 0 bridgehead atoms. The van der Waals surface area contributed by atoms with Crippen LogP contribution in [0.5, 0.6) is 0 Å². The predicted octanol–water partition coefficient (Wildman–Crippen LogP) is 2.11. The molecule has 3 nitrogen and oxygen atoms in total. The van der Waals surface area contributed by atoms with Crippen molar-refractivity contribution in [1.29, 1.82) is 0 Å². The van der Waals surface area contributed by atoms with Gasteiger partial charge >= 0.3 is 5.97 Å². The Kier molecular flexibility index (Phi) is 3.64. The first-order valence-corrected chi connectivity index (χ1v) is 4.87. The van der Waals surface area contributed by atoms with Crippen LogP contribution in [0.25, 0.3) is 6.08 Å². The van der Waals surface area contributed by atoms with Gasteiger partial charge < -0.3 is 4.74 Å². The number of thiazole rings is 1. The molecule has 0 aliphatic heterocycles. The van der Waals surface area contributed by atoms with Gasteiger partial charge in [-0.25, -0.2) is 9.78 Å². The monoisotopic (exact) mass is 197 g/mol. The number of rotatable bonds is 3. The van der Waals surface area contributed by atoms with Crippen LogP contribution in [-0.4, -0.2) is 17.6 Å². The van der Waals surface area contributed by atoms with Crippen molar-refractivity contribution < 1.29 is 9.53 Å². The number of carbonyl (C=O) groups excluding carboxylic acids is 1. The summed E-state index contributed by atoms with van der Waals surface area (Å²) in [6.07, 6.45) is 3.43. The summed E-state index contributed by atoms with van der Waals surface area (Å²) in [5.41, 5.74) is 0.580.